The summed E-state index contributed by atoms with van der Waals surface area (Å²) in [5.41, 5.74) is 0. The van der Waals surface area contributed by atoms with E-state index in [2.05, 4.69) is 15.0 Å². The number of unbranched alkanes of at least 4 members (excludes halogenated alkanes) is 2. The van der Waals surface area contributed by atoms with Crippen molar-refractivity contribution < 1.29 is 13.2 Å². The van der Waals surface area contributed by atoms with Gasteiger partial charge in [-0.2, -0.15) is 0 Å². The third kappa shape index (κ3) is 5.14. The van der Waals surface area contributed by atoms with Crippen molar-refractivity contribution in [2.75, 3.05) is 32.6 Å². The van der Waals surface area contributed by atoms with Gasteiger partial charge in [0.2, 0.25) is 10.0 Å². The summed E-state index contributed by atoms with van der Waals surface area (Å²) in [5.74, 6) is 0.356. The highest BCUT2D eigenvalue weighted by atomic mass is 32.2. The molecule has 0 bridgehead atoms. The summed E-state index contributed by atoms with van der Waals surface area (Å²) >= 11 is 0. The Hall–Kier alpha value is -1.18. The zero-order valence-corrected chi connectivity index (χ0v) is 12.2. The van der Waals surface area contributed by atoms with Crippen molar-refractivity contribution in [1.82, 2.24) is 9.71 Å². The van der Waals surface area contributed by atoms with E-state index in [-0.39, 0.29) is 4.90 Å². The lowest BCUT2D eigenvalue weighted by atomic mass is 10.2. The molecule has 6 nitrogen and oxygen atoms in total. The molecule has 2 N–H and O–H groups in total. The average Bonchev–Trinajstić information content (AvgIpc) is 2.42. The normalized spacial score (nSPS) is 11.5. The summed E-state index contributed by atoms with van der Waals surface area (Å²) in [6.07, 6.45) is 4.21. The molecule has 108 valence electrons. The van der Waals surface area contributed by atoms with Gasteiger partial charge in [0, 0.05) is 33.5 Å². The van der Waals surface area contributed by atoms with Crippen molar-refractivity contribution in [3.63, 3.8) is 0 Å². The molecular formula is C12H21N3O3S. The number of hydrogen-bond donors (Lipinski definition) is 2. The number of anilines is 1. The lowest BCUT2D eigenvalue weighted by Gasteiger charge is -2.10. The Morgan fingerprint density at radius 1 is 1.32 bits per heavy atom. The van der Waals surface area contributed by atoms with E-state index in [0.717, 1.165) is 19.3 Å². The molecular weight excluding hydrogens is 266 g/mol. The Morgan fingerprint density at radius 2 is 2.11 bits per heavy atom. The minimum absolute atomic E-state index is 0.175. The van der Waals surface area contributed by atoms with E-state index in [1.165, 1.54) is 6.07 Å². The van der Waals surface area contributed by atoms with E-state index >= 15 is 0 Å². The molecule has 7 heteroatoms. The Labute approximate surface area is 114 Å². The fourth-order valence-electron chi connectivity index (χ4n) is 1.63. The number of nitrogens with zero attached hydrogens (tertiary/aromatic N) is 1. The Morgan fingerprint density at radius 3 is 2.79 bits per heavy atom. The highest BCUT2D eigenvalue weighted by molar-refractivity contribution is 7.89. The van der Waals surface area contributed by atoms with Crippen molar-refractivity contribution in [2.24, 2.45) is 0 Å². The first-order valence-electron chi connectivity index (χ1n) is 6.23. The van der Waals surface area contributed by atoms with Crippen LogP contribution >= 0.6 is 0 Å². The molecule has 0 radical (unpaired) electrons. The second-order valence-corrected chi connectivity index (χ2v) is 5.79. The Balaban J connectivity index is 2.52. The number of hydrogen-bond acceptors (Lipinski definition) is 5. The number of aromatic nitrogens is 1. The van der Waals surface area contributed by atoms with Crippen LogP contribution in [0.2, 0.25) is 0 Å². The molecule has 1 aromatic rings. The summed E-state index contributed by atoms with van der Waals surface area (Å²) < 4.78 is 31.7. The SMILES string of the molecule is CNc1ncccc1S(=O)(=O)NCCCCCOC. The summed E-state index contributed by atoms with van der Waals surface area (Å²) in [6.45, 7) is 1.13. The van der Waals surface area contributed by atoms with Gasteiger partial charge in [0.1, 0.15) is 10.7 Å². The Kier molecular flexibility index (Phi) is 6.75. The van der Waals surface area contributed by atoms with Crippen molar-refractivity contribution in [2.45, 2.75) is 24.2 Å². The van der Waals surface area contributed by atoms with Crippen LogP contribution in [0.4, 0.5) is 5.82 Å². The van der Waals surface area contributed by atoms with Gasteiger partial charge in [0.25, 0.3) is 0 Å². The molecule has 0 fully saturated rings. The third-order valence-corrected chi connectivity index (χ3v) is 4.11. The van der Waals surface area contributed by atoms with E-state index in [0.29, 0.717) is 19.0 Å². The zero-order valence-electron chi connectivity index (χ0n) is 11.3. The van der Waals surface area contributed by atoms with Crippen LogP contribution in [0.3, 0.4) is 0 Å². The van der Waals surface area contributed by atoms with Gasteiger partial charge in [-0.1, -0.05) is 0 Å². The molecule has 1 rings (SSSR count). The predicted molar refractivity (Wildman–Crippen MR) is 74.7 cm³/mol. The van der Waals surface area contributed by atoms with Crippen LogP contribution in [-0.2, 0) is 14.8 Å². The lowest BCUT2D eigenvalue weighted by Crippen LogP contribution is -2.25. The largest absolute Gasteiger partial charge is 0.385 e. The van der Waals surface area contributed by atoms with Crippen molar-refractivity contribution >= 4 is 15.8 Å². The summed E-state index contributed by atoms with van der Waals surface area (Å²) in [4.78, 5) is 4.16. The molecule has 0 aliphatic rings. The highest BCUT2D eigenvalue weighted by Gasteiger charge is 2.17. The monoisotopic (exact) mass is 287 g/mol. The van der Waals surface area contributed by atoms with E-state index in [1.807, 2.05) is 0 Å². The summed E-state index contributed by atoms with van der Waals surface area (Å²) in [6, 6.07) is 3.14. The highest BCUT2D eigenvalue weighted by Crippen LogP contribution is 2.16. The van der Waals surface area contributed by atoms with Crippen LogP contribution in [0.15, 0.2) is 23.2 Å². The van der Waals surface area contributed by atoms with Gasteiger partial charge in [-0.05, 0) is 31.4 Å². The van der Waals surface area contributed by atoms with Crippen LogP contribution in [0.25, 0.3) is 0 Å². The molecule has 1 heterocycles. The molecule has 19 heavy (non-hydrogen) atoms. The van der Waals surface area contributed by atoms with Crippen molar-refractivity contribution in [1.29, 1.82) is 0 Å². The zero-order chi connectivity index (χ0) is 14.1. The number of sulfonamides is 1. The van der Waals surface area contributed by atoms with Crippen LogP contribution < -0.4 is 10.0 Å². The molecule has 0 unspecified atom stereocenters. The number of rotatable bonds is 9. The lowest BCUT2D eigenvalue weighted by molar-refractivity contribution is 0.192. The topological polar surface area (TPSA) is 80.3 Å². The van der Waals surface area contributed by atoms with E-state index < -0.39 is 10.0 Å². The molecule has 0 atom stereocenters. The van der Waals surface area contributed by atoms with Crippen LogP contribution in [-0.4, -0.2) is 40.7 Å². The van der Waals surface area contributed by atoms with Gasteiger partial charge in [0.05, 0.1) is 0 Å². The van der Waals surface area contributed by atoms with Crippen LogP contribution in [0.1, 0.15) is 19.3 Å². The van der Waals surface area contributed by atoms with Gasteiger partial charge in [-0.25, -0.2) is 18.1 Å². The number of nitrogens with one attached hydrogen (secondary N) is 2. The molecule has 0 aromatic carbocycles. The quantitative estimate of drug-likeness (QED) is 0.667. The Bertz CT molecular complexity index is 477. The maximum Gasteiger partial charge on any atom is 0.244 e. The number of ether oxygens (including phenoxy) is 1. The smallest absolute Gasteiger partial charge is 0.244 e. The van der Waals surface area contributed by atoms with Gasteiger partial charge >= 0.3 is 0 Å². The summed E-state index contributed by atoms with van der Waals surface area (Å²) in [5, 5.41) is 2.77. The first-order chi connectivity index (χ1) is 9.11. The van der Waals surface area contributed by atoms with Gasteiger partial charge in [0.15, 0.2) is 0 Å². The van der Waals surface area contributed by atoms with Gasteiger partial charge in [-0.15, -0.1) is 0 Å². The molecule has 0 aliphatic carbocycles. The minimum atomic E-state index is -3.50. The van der Waals surface area contributed by atoms with Gasteiger partial charge in [-0.3, -0.25) is 0 Å². The fraction of sp³-hybridized carbons (Fsp3) is 0.583. The molecule has 0 amide bonds. The fourth-order valence-corrected chi connectivity index (χ4v) is 2.86. The molecule has 0 saturated heterocycles. The van der Waals surface area contributed by atoms with E-state index in [9.17, 15) is 8.42 Å². The van der Waals surface area contributed by atoms with Crippen LogP contribution in [0.5, 0.6) is 0 Å². The first-order valence-corrected chi connectivity index (χ1v) is 7.71. The average molecular weight is 287 g/mol. The number of pyridine rings is 1. The van der Waals surface area contributed by atoms with Gasteiger partial charge < -0.3 is 10.1 Å². The maximum atomic E-state index is 12.1. The predicted octanol–water partition coefficient (Wildman–Crippen LogP) is 1.22. The molecule has 0 spiro atoms. The minimum Gasteiger partial charge on any atom is -0.385 e. The second-order valence-electron chi connectivity index (χ2n) is 4.05. The second kappa shape index (κ2) is 8.08. The molecule has 0 aliphatic heterocycles. The van der Waals surface area contributed by atoms with Crippen LogP contribution in [0, 0.1) is 0 Å². The summed E-state index contributed by atoms with van der Waals surface area (Å²) in [7, 11) is -0.200. The van der Waals surface area contributed by atoms with Crippen molar-refractivity contribution in [3.05, 3.63) is 18.3 Å². The molecule has 0 saturated carbocycles. The standard InChI is InChI=1S/C12H21N3O3S/c1-13-12-11(7-6-8-14-12)19(16,17)15-9-4-3-5-10-18-2/h6-8,15H,3-5,9-10H2,1-2H3,(H,13,14). The van der Waals surface area contributed by atoms with E-state index in [4.69, 9.17) is 4.74 Å². The molecule has 1 aromatic heterocycles. The first kappa shape index (κ1) is 15.9. The van der Waals surface area contributed by atoms with E-state index in [1.54, 1.807) is 26.4 Å². The van der Waals surface area contributed by atoms with Crippen molar-refractivity contribution in [3.8, 4) is 0 Å². The number of methoxy groups -OCH3 is 1. The third-order valence-electron chi connectivity index (χ3n) is 2.61. The maximum absolute atomic E-state index is 12.1.